The van der Waals surface area contributed by atoms with Crippen LogP contribution in [0.25, 0.3) is 0 Å². The fourth-order valence-corrected chi connectivity index (χ4v) is 5.71. The monoisotopic (exact) mass is 446 g/mol. The highest BCUT2D eigenvalue weighted by atomic mass is 35.5. The minimum atomic E-state index is -2.00. The Bertz CT molecular complexity index is 498. The summed E-state index contributed by atoms with van der Waals surface area (Å²) in [6.45, 7) is 0. The molecule has 0 aromatic rings. The van der Waals surface area contributed by atoms with Gasteiger partial charge < -0.3 is 0 Å². The van der Waals surface area contributed by atoms with E-state index in [2.05, 4.69) is 0 Å². The second kappa shape index (κ2) is 4.44. The number of halogens is 10. The number of alkyl halides is 7. The predicted octanol–water partition coefficient (Wildman–Crippen LogP) is 6.69. The highest BCUT2D eigenvalue weighted by Crippen LogP contribution is 2.75. The van der Waals surface area contributed by atoms with E-state index in [9.17, 15) is 0 Å². The molecule has 2 rings (SSSR count). The van der Waals surface area contributed by atoms with Crippen LogP contribution in [-0.2, 0) is 0 Å². The molecule has 1 atom stereocenters. The third-order valence-electron chi connectivity index (χ3n) is 2.75. The van der Waals surface area contributed by atoms with Gasteiger partial charge in [-0.1, -0.05) is 104 Å². The van der Waals surface area contributed by atoms with Crippen molar-refractivity contribution in [3.8, 4) is 0 Å². The van der Waals surface area contributed by atoms with E-state index >= 15 is 0 Å². The Hall–Kier alpha value is 2.38. The molecule has 1 unspecified atom stereocenters. The smallest absolute Gasteiger partial charge is 0.105 e. The van der Waals surface area contributed by atoms with Gasteiger partial charge in [-0.05, 0) is 0 Å². The summed E-state index contributed by atoms with van der Waals surface area (Å²) < 4.78 is -5.72. The van der Waals surface area contributed by atoms with Crippen LogP contribution >= 0.6 is 116 Å². The van der Waals surface area contributed by atoms with Crippen molar-refractivity contribution >= 4 is 116 Å². The van der Waals surface area contributed by atoms with E-state index in [1.165, 1.54) is 0 Å². The van der Waals surface area contributed by atoms with Crippen LogP contribution in [0.15, 0.2) is 20.7 Å². The van der Waals surface area contributed by atoms with Gasteiger partial charge in [0.25, 0.3) is 0 Å². The lowest BCUT2D eigenvalue weighted by molar-refractivity contribution is 0.696. The lowest BCUT2D eigenvalue weighted by Gasteiger charge is -2.36. The Kier molecular flexibility index (Phi) is 4.13. The molecular weight excluding hydrogens is 451 g/mol. The summed E-state index contributed by atoms with van der Waals surface area (Å²) in [7, 11) is 0. The Morgan fingerprint density at radius 1 is 0.611 bits per heavy atom. The van der Waals surface area contributed by atoms with Crippen LogP contribution in [0.5, 0.6) is 0 Å². The number of rotatable bonds is 0. The van der Waals surface area contributed by atoms with Gasteiger partial charge in [-0.25, -0.2) is 0 Å². The van der Waals surface area contributed by atoms with Crippen LogP contribution in [0.4, 0.5) is 0 Å². The number of hydrogen-bond donors (Lipinski definition) is 0. The topological polar surface area (TPSA) is 0 Å². The number of allylic oxidation sites excluding steroid dienone is 4. The predicted molar refractivity (Wildman–Crippen MR) is 83.5 cm³/mol. The molecule has 0 saturated heterocycles. The molecule has 0 amide bonds. The minimum Gasteiger partial charge on any atom is -0.105 e. The van der Waals surface area contributed by atoms with Gasteiger partial charge in [-0.3, -0.25) is 0 Å². The Balaban J connectivity index is 2.88. The van der Waals surface area contributed by atoms with E-state index in [4.69, 9.17) is 116 Å². The van der Waals surface area contributed by atoms with E-state index in [0.29, 0.717) is 0 Å². The van der Waals surface area contributed by atoms with Crippen LogP contribution in [-0.4, -0.2) is 17.9 Å². The van der Waals surface area contributed by atoms with Gasteiger partial charge in [-0.15, -0.1) is 11.6 Å². The van der Waals surface area contributed by atoms with Gasteiger partial charge in [0.15, 0.2) is 13.0 Å². The lowest BCUT2D eigenvalue weighted by Crippen LogP contribution is -2.47. The average molecular weight is 451 g/mol. The molecule has 0 spiro atoms. The summed E-state index contributed by atoms with van der Waals surface area (Å²) in [5, 5.41) is -0.521. The van der Waals surface area contributed by atoms with Gasteiger partial charge in [0, 0.05) is 5.57 Å². The van der Waals surface area contributed by atoms with E-state index in [-0.39, 0.29) is 20.7 Å². The van der Waals surface area contributed by atoms with E-state index < -0.39 is 17.9 Å². The first-order valence-corrected chi connectivity index (χ1v) is 7.92. The SMILES string of the molecule is ClC1=C(Cl)C2(Cl)C(=C(Cl)C(Cl)(Cl)C2(Cl)Cl)C1(Cl)Cl. The van der Waals surface area contributed by atoms with Gasteiger partial charge in [0.05, 0.1) is 15.1 Å². The Morgan fingerprint density at radius 3 is 1.44 bits per heavy atom. The zero-order valence-electron chi connectivity index (χ0n) is 7.78. The molecule has 0 N–H and O–H groups in total. The summed E-state index contributed by atoms with van der Waals surface area (Å²) in [6, 6.07) is 0. The summed E-state index contributed by atoms with van der Waals surface area (Å²) >= 11 is 60.9. The molecule has 0 aromatic heterocycles. The van der Waals surface area contributed by atoms with Gasteiger partial charge in [-0.2, -0.15) is 0 Å². The maximum Gasteiger partial charge on any atom is 0.188 e. The first kappa shape index (κ1) is 16.7. The normalized spacial score (nSPS) is 36.3. The van der Waals surface area contributed by atoms with E-state index in [1.54, 1.807) is 0 Å². The molecular formula is C8Cl10. The van der Waals surface area contributed by atoms with Crippen LogP contribution < -0.4 is 0 Å². The molecule has 0 saturated carbocycles. The highest BCUT2D eigenvalue weighted by molar-refractivity contribution is 6.74. The van der Waals surface area contributed by atoms with Crippen molar-refractivity contribution in [2.45, 2.75) is 17.9 Å². The zero-order chi connectivity index (χ0) is 14.3. The summed E-state index contributed by atoms with van der Waals surface area (Å²) in [4.78, 5) is -1.79. The van der Waals surface area contributed by atoms with Crippen molar-refractivity contribution in [1.29, 1.82) is 0 Å². The first-order valence-electron chi connectivity index (χ1n) is 4.14. The van der Waals surface area contributed by atoms with Crippen molar-refractivity contribution < 1.29 is 0 Å². The minimum absolute atomic E-state index is 0.0355. The quantitative estimate of drug-likeness (QED) is 0.361. The van der Waals surface area contributed by atoms with Crippen LogP contribution in [0.1, 0.15) is 0 Å². The van der Waals surface area contributed by atoms with E-state index in [1.807, 2.05) is 0 Å². The molecule has 10 heteroatoms. The van der Waals surface area contributed by atoms with Gasteiger partial charge in [0.1, 0.15) is 4.87 Å². The molecule has 0 nitrogen and oxygen atoms in total. The average Bonchev–Trinajstić information content (AvgIpc) is 2.43. The summed E-state index contributed by atoms with van der Waals surface area (Å²) in [5.74, 6) is 0. The zero-order valence-corrected chi connectivity index (χ0v) is 15.3. The third-order valence-corrected chi connectivity index (χ3v) is 8.83. The molecule has 2 aliphatic rings. The molecule has 0 radical (unpaired) electrons. The Morgan fingerprint density at radius 2 is 1.06 bits per heavy atom. The number of fused-ring (bicyclic) bond motifs is 1. The standard InChI is InChI=1S/C8Cl10/c9-2-1-5(12,8(17,18)7(2,15)16)3(10)4(11)6(1,13)14. The highest BCUT2D eigenvalue weighted by Gasteiger charge is 2.77. The van der Waals surface area contributed by atoms with Crippen LogP contribution in [0.2, 0.25) is 0 Å². The largest absolute Gasteiger partial charge is 0.188 e. The van der Waals surface area contributed by atoms with Crippen molar-refractivity contribution in [2.24, 2.45) is 0 Å². The van der Waals surface area contributed by atoms with Gasteiger partial charge >= 0.3 is 0 Å². The van der Waals surface area contributed by atoms with Crippen molar-refractivity contribution in [3.63, 3.8) is 0 Å². The molecule has 0 heterocycles. The lowest BCUT2D eigenvalue weighted by atomic mass is 10.0. The third kappa shape index (κ3) is 1.63. The van der Waals surface area contributed by atoms with Crippen LogP contribution in [0.3, 0.4) is 0 Å². The van der Waals surface area contributed by atoms with Crippen molar-refractivity contribution in [2.75, 3.05) is 0 Å². The summed E-state index contributed by atoms with van der Waals surface area (Å²) in [5.41, 5.74) is -0.0355. The Labute approximate surface area is 153 Å². The number of hydrogen-bond acceptors (Lipinski definition) is 0. The molecule has 0 bridgehead atoms. The van der Waals surface area contributed by atoms with Crippen molar-refractivity contribution in [3.05, 3.63) is 20.7 Å². The first-order chi connectivity index (χ1) is 7.84. The fourth-order valence-electron chi connectivity index (χ4n) is 1.82. The van der Waals surface area contributed by atoms with E-state index in [0.717, 1.165) is 0 Å². The second-order valence-corrected chi connectivity index (χ2v) is 9.38. The van der Waals surface area contributed by atoms with Crippen molar-refractivity contribution in [1.82, 2.24) is 0 Å². The summed E-state index contributed by atoms with van der Waals surface area (Å²) in [6.07, 6.45) is 0. The molecule has 2 aliphatic carbocycles. The van der Waals surface area contributed by atoms with Crippen LogP contribution in [0, 0.1) is 0 Å². The maximum absolute atomic E-state index is 6.35. The maximum atomic E-state index is 6.35. The second-order valence-electron chi connectivity index (χ2n) is 3.70. The molecule has 0 aliphatic heterocycles. The molecule has 0 aromatic carbocycles. The van der Waals surface area contributed by atoms with Gasteiger partial charge in [0.2, 0.25) is 0 Å². The molecule has 102 valence electrons. The fraction of sp³-hybridized carbons (Fsp3) is 0.500. The molecule has 18 heavy (non-hydrogen) atoms. The molecule has 0 fully saturated rings.